The first kappa shape index (κ1) is 13.7. The van der Waals surface area contributed by atoms with E-state index < -0.39 is 7.26 Å². The van der Waals surface area contributed by atoms with Crippen molar-refractivity contribution in [3.8, 4) is 11.1 Å². The molecule has 0 fully saturated rings. The molecule has 0 bridgehead atoms. The third kappa shape index (κ3) is 1.68. The maximum absolute atomic E-state index is 2.39. The summed E-state index contributed by atoms with van der Waals surface area (Å²) < 4.78 is 0. The maximum atomic E-state index is 2.39. The Bertz CT molecular complexity index is 773. The molecule has 0 spiro atoms. The summed E-state index contributed by atoms with van der Waals surface area (Å²) in [5.74, 6) is 0. The van der Waals surface area contributed by atoms with E-state index in [1.165, 1.54) is 16.4 Å². The summed E-state index contributed by atoms with van der Waals surface area (Å²) in [5, 5.41) is 4.61. The first-order chi connectivity index (χ1) is 10.8. The Morgan fingerprint density at radius 3 is 1.55 bits per heavy atom. The minimum absolute atomic E-state index is 0.597. The molecule has 0 aromatic heterocycles. The van der Waals surface area contributed by atoms with E-state index >= 15 is 0 Å². The van der Waals surface area contributed by atoms with Gasteiger partial charge in [0.25, 0.3) is 0 Å². The lowest BCUT2D eigenvalue weighted by molar-refractivity contribution is 1.09. The normalized spacial score (nSPS) is 14.7. The molecular formula is C21H20P+. The molecule has 3 aromatic rings. The summed E-state index contributed by atoms with van der Waals surface area (Å²) in [6, 6.07) is 29.2. The van der Waals surface area contributed by atoms with Crippen LogP contribution in [-0.2, 0) is 0 Å². The molecule has 0 nitrogen and oxygen atoms in total. The van der Waals surface area contributed by atoms with Crippen LogP contribution in [0.25, 0.3) is 11.1 Å². The van der Waals surface area contributed by atoms with E-state index in [1.807, 2.05) is 0 Å². The standard InChI is InChI=1S/C21H20P/c1-16(2)22(17-10-4-3-5-11-17)20-14-8-6-12-18(20)19-13-7-9-15-21(19)22/h3-16H,1-2H3/q+1. The molecule has 0 saturated carbocycles. The van der Waals surface area contributed by atoms with Crippen LogP contribution in [0.2, 0.25) is 0 Å². The zero-order valence-electron chi connectivity index (χ0n) is 13.0. The van der Waals surface area contributed by atoms with Gasteiger partial charge < -0.3 is 0 Å². The highest BCUT2D eigenvalue weighted by Gasteiger charge is 2.54. The highest BCUT2D eigenvalue weighted by atomic mass is 31.2. The summed E-state index contributed by atoms with van der Waals surface area (Å²) in [6.07, 6.45) is 0. The quantitative estimate of drug-likeness (QED) is 0.617. The van der Waals surface area contributed by atoms with E-state index in [0.717, 1.165) is 0 Å². The van der Waals surface area contributed by atoms with Crippen molar-refractivity contribution < 1.29 is 0 Å². The summed E-state index contributed by atoms with van der Waals surface area (Å²) in [6.45, 7) is 4.78. The number of hydrogen-bond donors (Lipinski definition) is 0. The molecule has 3 aromatic carbocycles. The molecule has 0 radical (unpaired) electrons. The van der Waals surface area contributed by atoms with Crippen molar-refractivity contribution in [2.45, 2.75) is 19.5 Å². The lowest BCUT2D eigenvalue weighted by Gasteiger charge is -2.28. The Morgan fingerprint density at radius 1 is 0.591 bits per heavy atom. The topological polar surface area (TPSA) is 0 Å². The maximum Gasteiger partial charge on any atom is 0.115 e. The van der Waals surface area contributed by atoms with Crippen molar-refractivity contribution in [2.24, 2.45) is 0 Å². The van der Waals surface area contributed by atoms with E-state index in [1.54, 1.807) is 10.6 Å². The molecular weight excluding hydrogens is 283 g/mol. The van der Waals surface area contributed by atoms with Crippen LogP contribution in [0, 0.1) is 0 Å². The lowest BCUT2D eigenvalue weighted by Crippen LogP contribution is -2.33. The van der Waals surface area contributed by atoms with Gasteiger partial charge >= 0.3 is 0 Å². The Kier molecular flexibility index (Phi) is 3.17. The summed E-state index contributed by atoms with van der Waals surface area (Å²) >= 11 is 0. The van der Waals surface area contributed by atoms with Gasteiger partial charge in [0, 0.05) is 11.1 Å². The van der Waals surface area contributed by atoms with Gasteiger partial charge in [-0.05, 0) is 38.1 Å². The van der Waals surface area contributed by atoms with Gasteiger partial charge in [-0.2, -0.15) is 0 Å². The predicted molar refractivity (Wildman–Crippen MR) is 99.3 cm³/mol. The Hall–Kier alpha value is -1.91. The molecule has 0 atom stereocenters. The van der Waals surface area contributed by atoms with Crippen LogP contribution in [0.15, 0.2) is 78.9 Å². The van der Waals surface area contributed by atoms with Crippen molar-refractivity contribution >= 4 is 23.2 Å². The molecule has 0 N–H and O–H groups in total. The van der Waals surface area contributed by atoms with E-state index in [9.17, 15) is 0 Å². The fourth-order valence-electron chi connectivity index (χ4n) is 3.94. The van der Waals surface area contributed by atoms with Crippen LogP contribution >= 0.6 is 7.26 Å². The molecule has 1 aliphatic heterocycles. The Labute approximate surface area is 133 Å². The number of rotatable bonds is 2. The molecule has 1 heteroatoms. The first-order valence-corrected chi connectivity index (χ1v) is 9.76. The minimum atomic E-state index is -1.55. The second kappa shape index (κ2) is 5.07. The lowest BCUT2D eigenvalue weighted by atomic mass is 10.1. The zero-order chi connectivity index (χ0) is 15.2. The Balaban J connectivity index is 2.15. The molecule has 4 rings (SSSR count). The average Bonchev–Trinajstić information content (AvgIpc) is 2.87. The monoisotopic (exact) mass is 303 g/mol. The van der Waals surface area contributed by atoms with Crippen LogP contribution in [0.1, 0.15) is 13.8 Å². The fourth-order valence-corrected chi connectivity index (χ4v) is 8.90. The first-order valence-electron chi connectivity index (χ1n) is 7.90. The van der Waals surface area contributed by atoms with Crippen LogP contribution < -0.4 is 15.9 Å². The van der Waals surface area contributed by atoms with E-state index in [2.05, 4.69) is 92.7 Å². The number of benzene rings is 3. The molecule has 22 heavy (non-hydrogen) atoms. The van der Waals surface area contributed by atoms with Gasteiger partial charge in [-0.3, -0.25) is 0 Å². The van der Waals surface area contributed by atoms with Crippen molar-refractivity contribution in [1.82, 2.24) is 0 Å². The molecule has 0 unspecified atom stereocenters. The largest absolute Gasteiger partial charge is 0.115 e. The van der Waals surface area contributed by atoms with Crippen molar-refractivity contribution in [3.05, 3.63) is 78.9 Å². The third-order valence-electron chi connectivity index (χ3n) is 4.80. The zero-order valence-corrected chi connectivity index (χ0v) is 13.9. The number of fused-ring (bicyclic) bond motifs is 3. The third-order valence-corrected chi connectivity index (χ3v) is 9.76. The SMILES string of the molecule is CC(C)[P+]1(c2ccccc2)c2ccccc2-c2ccccc21. The van der Waals surface area contributed by atoms with Crippen molar-refractivity contribution in [1.29, 1.82) is 0 Å². The second-order valence-electron chi connectivity index (χ2n) is 6.19. The average molecular weight is 303 g/mol. The van der Waals surface area contributed by atoms with Gasteiger partial charge in [0.1, 0.15) is 23.2 Å². The van der Waals surface area contributed by atoms with Gasteiger partial charge in [0.05, 0.1) is 5.66 Å². The van der Waals surface area contributed by atoms with Gasteiger partial charge in [-0.15, -0.1) is 0 Å². The van der Waals surface area contributed by atoms with Gasteiger partial charge in [0.2, 0.25) is 0 Å². The van der Waals surface area contributed by atoms with E-state index in [0.29, 0.717) is 5.66 Å². The van der Waals surface area contributed by atoms with Crippen molar-refractivity contribution in [2.75, 3.05) is 0 Å². The molecule has 0 saturated heterocycles. The van der Waals surface area contributed by atoms with Crippen LogP contribution in [0.5, 0.6) is 0 Å². The van der Waals surface area contributed by atoms with Gasteiger partial charge in [-0.25, -0.2) is 0 Å². The molecule has 0 amide bonds. The smallest absolute Gasteiger partial charge is 0.0620 e. The Morgan fingerprint density at radius 2 is 1.05 bits per heavy atom. The fraction of sp³-hybridized carbons (Fsp3) is 0.143. The highest BCUT2D eigenvalue weighted by molar-refractivity contribution is 7.97. The highest BCUT2D eigenvalue weighted by Crippen LogP contribution is 2.65. The van der Waals surface area contributed by atoms with Gasteiger partial charge in [0.15, 0.2) is 0 Å². The van der Waals surface area contributed by atoms with E-state index in [4.69, 9.17) is 0 Å². The summed E-state index contributed by atoms with van der Waals surface area (Å²) in [4.78, 5) is 0. The number of hydrogen-bond acceptors (Lipinski definition) is 0. The van der Waals surface area contributed by atoms with E-state index in [-0.39, 0.29) is 0 Å². The molecule has 108 valence electrons. The molecule has 1 heterocycles. The van der Waals surface area contributed by atoms with Crippen LogP contribution in [0.3, 0.4) is 0 Å². The predicted octanol–water partition coefficient (Wildman–Crippen LogP) is 4.37. The minimum Gasteiger partial charge on any atom is -0.0620 e. The molecule has 0 aliphatic carbocycles. The summed E-state index contributed by atoms with van der Waals surface area (Å²) in [7, 11) is -1.55. The van der Waals surface area contributed by atoms with Crippen LogP contribution in [-0.4, -0.2) is 5.66 Å². The van der Waals surface area contributed by atoms with Crippen molar-refractivity contribution in [3.63, 3.8) is 0 Å². The summed E-state index contributed by atoms with van der Waals surface area (Å²) in [5.41, 5.74) is 3.47. The van der Waals surface area contributed by atoms with Crippen LogP contribution in [0.4, 0.5) is 0 Å². The second-order valence-corrected chi connectivity index (χ2v) is 10.1. The molecule has 1 aliphatic rings. The van der Waals surface area contributed by atoms with Gasteiger partial charge in [-0.1, -0.05) is 54.6 Å².